The molecule has 0 spiro atoms. The van der Waals surface area contributed by atoms with Gasteiger partial charge in [-0.3, -0.25) is 14.9 Å². The molecule has 3 N–H and O–H groups in total. The predicted molar refractivity (Wildman–Crippen MR) is 66.9 cm³/mol. The summed E-state index contributed by atoms with van der Waals surface area (Å²) < 4.78 is 13.1. The van der Waals surface area contributed by atoms with Crippen LogP contribution in [0.15, 0.2) is 30.4 Å². The van der Waals surface area contributed by atoms with Crippen LogP contribution >= 0.6 is 0 Å². The maximum atomic E-state index is 13.1. The highest BCUT2D eigenvalue weighted by atomic mass is 19.1. The summed E-state index contributed by atoms with van der Waals surface area (Å²) in [6.45, 7) is 0. The Kier molecular flexibility index (Phi) is 3.57. The number of nitrogens with two attached hydrogens (primary N) is 1. The monoisotopic (exact) mass is 265 g/mol. The van der Waals surface area contributed by atoms with E-state index in [-0.39, 0.29) is 17.4 Å². The van der Waals surface area contributed by atoms with Gasteiger partial charge < -0.3 is 11.1 Å². The number of nitrogens with one attached hydrogen (secondary N) is 1. The number of carbonyl (C=O) groups is 1. The van der Waals surface area contributed by atoms with Gasteiger partial charge in [0.15, 0.2) is 0 Å². The number of rotatable bonds is 3. The number of nitrogens with zero attached hydrogens (tertiary/aromatic N) is 1. The van der Waals surface area contributed by atoms with E-state index < -0.39 is 22.6 Å². The second kappa shape index (κ2) is 5.15. The number of carbonyl (C=O) groups excluding carboxylic acids is 1. The summed E-state index contributed by atoms with van der Waals surface area (Å²) in [6, 6.07) is 2.72. The molecule has 2 unspecified atom stereocenters. The number of anilines is 1. The SMILES string of the molecule is NC1C=CC(C(=O)Nc2cc(F)ccc2[N+](=O)[O-])C1. The fraction of sp³-hybridized carbons (Fsp3) is 0.250. The summed E-state index contributed by atoms with van der Waals surface area (Å²) in [5.74, 6) is -1.53. The Morgan fingerprint density at radius 3 is 2.79 bits per heavy atom. The molecule has 1 aliphatic rings. The number of amides is 1. The van der Waals surface area contributed by atoms with Crippen LogP contribution in [0, 0.1) is 21.8 Å². The molecule has 0 aromatic heterocycles. The average molecular weight is 265 g/mol. The Balaban J connectivity index is 2.18. The molecule has 0 saturated carbocycles. The fourth-order valence-electron chi connectivity index (χ4n) is 1.91. The number of nitro groups is 1. The van der Waals surface area contributed by atoms with Crippen molar-refractivity contribution in [3.05, 3.63) is 46.3 Å². The van der Waals surface area contributed by atoms with Crippen LogP contribution in [0.1, 0.15) is 6.42 Å². The highest BCUT2D eigenvalue weighted by Crippen LogP contribution is 2.26. The summed E-state index contributed by atoms with van der Waals surface area (Å²) in [4.78, 5) is 22.0. The van der Waals surface area contributed by atoms with Crippen molar-refractivity contribution >= 4 is 17.3 Å². The summed E-state index contributed by atoms with van der Waals surface area (Å²) >= 11 is 0. The zero-order chi connectivity index (χ0) is 14.0. The molecule has 0 aliphatic heterocycles. The molecular weight excluding hydrogens is 253 g/mol. The van der Waals surface area contributed by atoms with Gasteiger partial charge in [-0.15, -0.1) is 0 Å². The van der Waals surface area contributed by atoms with Gasteiger partial charge >= 0.3 is 0 Å². The van der Waals surface area contributed by atoms with E-state index in [1.165, 1.54) is 0 Å². The standard InChI is InChI=1S/C12H12FN3O3/c13-8-2-4-11(16(18)19)10(6-8)15-12(17)7-1-3-9(14)5-7/h1-4,6-7,9H,5,14H2,(H,15,17). The van der Waals surface area contributed by atoms with Crippen LogP contribution < -0.4 is 11.1 Å². The van der Waals surface area contributed by atoms with Crippen molar-refractivity contribution in [2.24, 2.45) is 11.7 Å². The minimum atomic E-state index is -0.675. The van der Waals surface area contributed by atoms with E-state index in [1.54, 1.807) is 12.2 Å². The van der Waals surface area contributed by atoms with Crippen LogP contribution in [0.5, 0.6) is 0 Å². The van der Waals surface area contributed by atoms with Gasteiger partial charge in [0.05, 0.1) is 10.8 Å². The van der Waals surface area contributed by atoms with E-state index in [1.807, 2.05) is 0 Å². The first-order valence-corrected chi connectivity index (χ1v) is 5.66. The number of hydrogen-bond acceptors (Lipinski definition) is 4. The quantitative estimate of drug-likeness (QED) is 0.492. The highest BCUT2D eigenvalue weighted by Gasteiger charge is 2.25. The lowest BCUT2D eigenvalue weighted by atomic mass is 10.1. The van der Waals surface area contributed by atoms with Gasteiger partial charge in [0.2, 0.25) is 5.91 Å². The van der Waals surface area contributed by atoms with Gasteiger partial charge in [-0.25, -0.2) is 4.39 Å². The maximum absolute atomic E-state index is 13.1. The Bertz CT molecular complexity index is 559. The maximum Gasteiger partial charge on any atom is 0.292 e. The zero-order valence-corrected chi connectivity index (χ0v) is 9.88. The van der Waals surface area contributed by atoms with E-state index in [0.29, 0.717) is 6.42 Å². The smallest absolute Gasteiger partial charge is 0.292 e. The summed E-state index contributed by atoms with van der Waals surface area (Å²) in [7, 11) is 0. The van der Waals surface area contributed by atoms with Crippen molar-refractivity contribution in [3.8, 4) is 0 Å². The number of benzene rings is 1. The Morgan fingerprint density at radius 2 is 2.21 bits per heavy atom. The molecule has 1 aliphatic carbocycles. The molecule has 1 aromatic rings. The van der Waals surface area contributed by atoms with Crippen LogP contribution in [-0.2, 0) is 4.79 Å². The molecule has 0 radical (unpaired) electrons. The lowest BCUT2D eigenvalue weighted by Gasteiger charge is -2.10. The summed E-state index contributed by atoms with van der Waals surface area (Å²) in [6.07, 6.45) is 3.78. The summed E-state index contributed by atoms with van der Waals surface area (Å²) in [5, 5.41) is 13.2. The molecule has 2 rings (SSSR count). The van der Waals surface area contributed by atoms with Crippen molar-refractivity contribution in [2.75, 3.05) is 5.32 Å². The van der Waals surface area contributed by atoms with Gasteiger partial charge in [0.1, 0.15) is 11.5 Å². The Morgan fingerprint density at radius 1 is 1.47 bits per heavy atom. The first-order chi connectivity index (χ1) is 8.97. The Hall–Kier alpha value is -2.28. The van der Waals surface area contributed by atoms with Crippen LogP contribution in [0.25, 0.3) is 0 Å². The Labute approximate surface area is 108 Å². The average Bonchev–Trinajstić information content (AvgIpc) is 2.75. The molecule has 0 bridgehead atoms. The van der Waals surface area contributed by atoms with Gasteiger partial charge in [-0.05, 0) is 12.5 Å². The third kappa shape index (κ3) is 2.94. The van der Waals surface area contributed by atoms with E-state index in [9.17, 15) is 19.3 Å². The lowest BCUT2D eigenvalue weighted by Crippen LogP contribution is -2.24. The number of nitro benzene ring substituents is 1. The molecule has 6 nitrogen and oxygen atoms in total. The minimum absolute atomic E-state index is 0.149. The second-order valence-corrected chi connectivity index (χ2v) is 4.30. The molecule has 100 valence electrons. The minimum Gasteiger partial charge on any atom is -0.324 e. The highest BCUT2D eigenvalue weighted by molar-refractivity contribution is 5.96. The first-order valence-electron chi connectivity index (χ1n) is 5.66. The zero-order valence-electron chi connectivity index (χ0n) is 9.88. The molecule has 1 amide bonds. The van der Waals surface area contributed by atoms with Crippen LogP contribution in [0.4, 0.5) is 15.8 Å². The van der Waals surface area contributed by atoms with E-state index in [0.717, 1.165) is 18.2 Å². The topological polar surface area (TPSA) is 98.3 Å². The third-order valence-electron chi connectivity index (χ3n) is 2.87. The van der Waals surface area contributed by atoms with E-state index >= 15 is 0 Å². The van der Waals surface area contributed by atoms with Crippen molar-refractivity contribution in [3.63, 3.8) is 0 Å². The van der Waals surface area contributed by atoms with Gasteiger partial charge in [-0.2, -0.15) is 0 Å². The van der Waals surface area contributed by atoms with Crippen molar-refractivity contribution in [1.82, 2.24) is 0 Å². The molecule has 2 atom stereocenters. The van der Waals surface area contributed by atoms with Crippen LogP contribution in [0.3, 0.4) is 0 Å². The lowest BCUT2D eigenvalue weighted by molar-refractivity contribution is -0.384. The molecule has 19 heavy (non-hydrogen) atoms. The third-order valence-corrected chi connectivity index (χ3v) is 2.87. The van der Waals surface area contributed by atoms with Crippen molar-refractivity contribution in [1.29, 1.82) is 0 Å². The van der Waals surface area contributed by atoms with Crippen LogP contribution in [0.2, 0.25) is 0 Å². The molecule has 1 aromatic carbocycles. The molecule has 0 fully saturated rings. The van der Waals surface area contributed by atoms with Gasteiger partial charge in [0.25, 0.3) is 5.69 Å². The fourth-order valence-corrected chi connectivity index (χ4v) is 1.91. The molecule has 0 saturated heterocycles. The van der Waals surface area contributed by atoms with Gasteiger partial charge in [0, 0.05) is 18.2 Å². The van der Waals surface area contributed by atoms with E-state index in [4.69, 9.17) is 5.73 Å². The largest absolute Gasteiger partial charge is 0.324 e. The van der Waals surface area contributed by atoms with Crippen molar-refractivity contribution < 1.29 is 14.1 Å². The number of halogens is 1. The van der Waals surface area contributed by atoms with Crippen molar-refractivity contribution in [2.45, 2.75) is 12.5 Å². The normalized spacial score (nSPS) is 21.4. The summed E-state index contributed by atoms with van der Waals surface area (Å²) in [5.41, 5.74) is 5.13. The second-order valence-electron chi connectivity index (χ2n) is 4.30. The molecular formula is C12H12FN3O3. The molecule has 7 heteroatoms. The first kappa shape index (κ1) is 13.2. The van der Waals surface area contributed by atoms with E-state index in [2.05, 4.69) is 5.32 Å². The molecule has 0 heterocycles. The van der Waals surface area contributed by atoms with Crippen LogP contribution in [-0.4, -0.2) is 16.9 Å². The predicted octanol–water partition coefficient (Wildman–Crippen LogP) is 1.58. The number of hydrogen-bond donors (Lipinski definition) is 2. The van der Waals surface area contributed by atoms with Gasteiger partial charge in [-0.1, -0.05) is 12.2 Å².